The lowest BCUT2D eigenvalue weighted by molar-refractivity contribution is -0.129. The highest BCUT2D eigenvalue weighted by Crippen LogP contribution is 2.37. The SMILES string of the molecule is CC(=O)N1CCN(c2ccc(CN3C(C)CCC(c4ccccc4)S3(=O)=O)nc2)CC1. The summed E-state index contributed by atoms with van der Waals surface area (Å²) in [7, 11) is -3.46. The Morgan fingerprint density at radius 2 is 1.74 bits per heavy atom. The maximum atomic E-state index is 13.4. The van der Waals surface area contributed by atoms with E-state index in [2.05, 4.69) is 9.88 Å². The van der Waals surface area contributed by atoms with E-state index in [1.807, 2.05) is 60.5 Å². The minimum absolute atomic E-state index is 0.0499. The molecule has 2 unspecified atom stereocenters. The van der Waals surface area contributed by atoms with E-state index >= 15 is 0 Å². The molecule has 7 nitrogen and oxygen atoms in total. The first-order valence-electron chi connectivity index (χ1n) is 10.9. The second-order valence-corrected chi connectivity index (χ2v) is 10.5. The van der Waals surface area contributed by atoms with Gasteiger partial charge in [-0.25, -0.2) is 8.42 Å². The van der Waals surface area contributed by atoms with E-state index in [9.17, 15) is 13.2 Å². The minimum atomic E-state index is -3.46. The normalized spacial score (nSPS) is 24.2. The molecule has 1 aromatic carbocycles. The summed E-state index contributed by atoms with van der Waals surface area (Å²) in [6.45, 7) is 6.83. The number of benzene rings is 1. The predicted molar refractivity (Wildman–Crippen MR) is 121 cm³/mol. The van der Waals surface area contributed by atoms with Gasteiger partial charge in [-0.2, -0.15) is 4.31 Å². The molecule has 0 aliphatic carbocycles. The van der Waals surface area contributed by atoms with E-state index < -0.39 is 15.3 Å². The highest BCUT2D eigenvalue weighted by molar-refractivity contribution is 7.89. The average molecular weight is 443 g/mol. The van der Waals surface area contributed by atoms with Crippen LogP contribution in [-0.4, -0.2) is 60.7 Å². The van der Waals surface area contributed by atoms with Gasteiger partial charge in [0.2, 0.25) is 15.9 Å². The van der Waals surface area contributed by atoms with Crippen molar-refractivity contribution in [2.75, 3.05) is 31.1 Å². The van der Waals surface area contributed by atoms with Gasteiger partial charge in [0.25, 0.3) is 0 Å². The third-order valence-electron chi connectivity index (χ3n) is 6.41. The molecule has 2 fully saturated rings. The second kappa shape index (κ2) is 8.96. The van der Waals surface area contributed by atoms with Crippen molar-refractivity contribution < 1.29 is 13.2 Å². The molecule has 166 valence electrons. The van der Waals surface area contributed by atoms with Crippen LogP contribution in [0.1, 0.15) is 43.2 Å². The minimum Gasteiger partial charge on any atom is -0.367 e. The van der Waals surface area contributed by atoms with Crippen molar-refractivity contribution in [2.24, 2.45) is 0 Å². The van der Waals surface area contributed by atoms with Crippen LogP contribution in [-0.2, 0) is 21.4 Å². The highest BCUT2D eigenvalue weighted by atomic mass is 32.2. The fourth-order valence-electron chi connectivity index (χ4n) is 4.49. The van der Waals surface area contributed by atoms with E-state index in [1.165, 1.54) is 0 Å². The zero-order valence-corrected chi connectivity index (χ0v) is 19.0. The van der Waals surface area contributed by atoms with E-state index in [0.29, 0.717) is 19.5 Å². The number of amides is 1. The molecule has 0 spiro atoms. The molecular formula is C23H30N4O3S. The van der Waals surface area contributed by atoms with Crippen LogP contribution < -0.4 is 4.90 Å². The molecule has 8 heteroatoms. The second-order valence-electron chi connectivity index (χ2n) is 8.42. The van der Waals surface area contributed by atoms with Crippen LogP contribution in [0.5, 0.6) is 0 Å². The van der Waals surface area contributed by atoms with Crippen LogP contribution in [0.15, 0.2) is 48.7 Å². The van der Waals surface area contributed by atoms with Gasteiger partial charge in [-0.1, -0.05) is 30.3 Å². The lowest BCUT2D eigenvalue weighted by atomic mass is 10.0. The van der Waals surface area contributed by atoms with Gasteiger partial charge >= 0.3 is 0 Å². The summed E-state index contributed by atoms with van der Waals surface area (Å²) in [5.41, 5.74) is 2.60. The standard InChI is InChI=1S/C23H30N4O3S/c1-18-8-11-23(20-6-4-3-5-7-20)31(29,30)27(18)17-21-9-10-22(16-24-21)26-14-12-25(13-15-26)19(2)28/h3-7,9-10,16,18,23H,8,11-15,17H2,1-2H3. The van der Waals surface area contributed by atoms with Gasteiger partial charge < -0.3 is 9.80 Å². The van der Waals surface area contributed by atoms with Crippen LogP contribution >= 0.6 is 0 Å². The molecule has 2 atom stereocenters. The molecule has 1 aromatic heterocycles. The Hall–Kier alpha value is -2.45. The first-order chi connectivity index (χ1) is 14.9. The van der Waals surface area contributed by atoms with Crippen LogP contribution in [0.25, 0.3) is 0 Å². The van der Waals surface area contributed by atoms with Crippen LogP contribution in [0.2, 0.25) is 0 Å². The Labute approximate surface area is 184 Å². The maximum Gasteiger partial charge on any atom is 0.221 e. The molecule has 2 aromatic rings. The Kier molecular flexibility index (Phi) is 6.29. The molecule has 1 amide bonds. The lowest BCUT2D eigenvalue weighted by Gasteiger charge is -2.37. The smallest absolute Gasteiger partial charge is 0.221 e. The molecule has 3 heterocycles. The number of pyridine rings is 1. The van der Waals surface area contributed by atoms with E-state index in [1.54, 1.807) is 11.2 Å². The van der Waals surface area contributed by atoms with Gasteiger partial charge in [0.05, 0.1) is 24.1 Å². The van der Waals surface area contributed by atoms with Crippen molar-refractivity contribution in [3.05, 3.63) is 59.9 Å². The first-order valence-corrected chi connectivity index (χ1v) is 12.4. The summed E-state index contributed by atoms with van der Waals surface area (Å²) in [6, 6.07) is 13.4. The molecule has 2 aliphatic heterocycles. The van der Waals surface area contributed by atoms with Crippen LogP contribution in [0.3, 0.4) is 0 Å². The first kappa shape index (κ1) is 21.8. The Bertz CT molecular complexity index is 1000. The summed E-state index contributed by atoms with van der Waals surface area (Å²) in [5.74, 6) is 0.110. The summed E-state index contributed by atoms with van der Waals surface area (Å²) in [5, 5.41) is -0.498. The number of sulfonamides is 1. The topological polar surface area (TPSA) is 73.8 Å². The van der Waals surface area contributed by atoms with Crippen molar-refractivity contribution >= 4 is 21.6 Å². The van der Waals surface area contributed by atoms with Crippen molar-refractivity contribution in [1.29, 1.82) is 0 Å². The molecule has 31 heavy (non-hydrogen) atoms. The highest BCUT2D eigenvalue weighted by Gasteiger charge is 2.40. The van der Waals surface area contributed by atoms with Gasteiger partial charge in [0.1, 0.15) is 5.25 Å². The van der Waals surface area contributed by atoms with Gasteiger partial charge in [-0.3, -0.25) is 9.78 Å². The van der Waals surface area contributed by atoms with Crippen molar-refractivity contribution in [3.8, 4) is 0 Å². The summed E-state index contributed by atoms with van der Waals surface area (Å²) in [6.07, 6.45) is 3.29. The number of aromatic nitrogens is 1. The molecule has 4 rings (SSSR count). The molecule has 2 aliphatic rings. The van der Waals surface area contributed by atoms with Crippen molar-refractivity contribution in [1.82, 2.24) is 14.2 Å². The van der Waals surface area contributed by atoms with Crippen molar-refractivity contribution in [3.63, 3.8) is 0 Å². The van der Waals surface area contributed by atoms with E-state index in [-0.39, 0.29) is 18.5 Å². The molecule has 0 saturated carbocycles. The third kappa shape index (κ3) is 4.60. The number of hydrogen-bond acceptors (Lipinski definition) is 5. The number of anilines is 1. The lowest BCUT2D eigenvalue weighted by Crippen LogP contribution is -2.48. The molecule has 0 bridgehead atoms. The zero-order valence-electron chi connectivity index (χ0n) is 18.1. The zero-order chi connectivity index (χ0) is 22.0. The number of piperazine rings is 1. The molecule has 0 radical (unpaired) electrons. The van der Waals surface area contributed by atoms with Crippen molar-refractivity contribution in [2.45, 2.75) is 44.5 Å². The average Bonchev–Trinajstić information content (AvgIpc) is 2.77. The van der Waals surface area contributed by atoms with Gasteiger partial charge in [-0.05, 0) is 37.5 Å². The quantitative estimate of drug-likeness (QED) is 0.728. The maximum absolute atomic E-state index is 13.4. The predicted octanol–water partition coefficient (Wildman–Crippen LogP) is 2.81. The molecule has 2 saturated heterocycles. The number of nitrogens with zero attached hydrogens (tertiary/aromatic N) is 4. The van der Waals surface area contributed by atoms with Gasteiger partial charge in [0.15, 0.2) is 0 Å². The van der Waals surface area contributed by atoms with Gasteiger partial charge in [0, 0.05) is 39.1 Å². The number of carbonyl (C=O) groups is 1. The number of hydrogen-bond donors (Lipinski definition) is 0. The Morgan fingerprint density at radius 3 is 2.35 bits per heavy atom. The summed E-state index contributed by atoms with van der Waals surface area (Å²) >= 11 is 0. The van der Waals surface area contributed by atoms with E-state index in [4.69, 9.17) is 0 Å². The van der Waals surface area contributed by atoms with Crippen LogP contribution in [0, 0.1) is 0 Å². The van der Waals surface area contributed by atoms with E-state index in [0.717, 1.165) is 36.5 Å². The number of carbonyl (C=O) groups excluding carboxylic acids is 1. The molecule has 0 N–H and O–H groups in total. The Balaban J connectivity index is 1.46. The molecular weight excluding hydrogens is 412 g/mol. The van der Waals surface area contributed by atoms with Crippen LogP contribution in [0.4, 0.5) is 5.69 Å². The fraction of sp³-hybridized carbons (Fsp3) is 0.478. The fourth-order valence-corrected chi connectivity index (χ4v) is 6.67. The summed E-state index contributed by atoms with van der Waals surface area (Å²) in [4.78, 5) is 20.1. The number of rotatable bonds is 4. The monoisotopic (exact) mass is 442 g/mol. The summed E-state index contributed by atoms with van der Waals surface area (Å²) < 4.78 is 28.4. The Morgan fingerprint density at radius 1 is 1.03 bits per heavy atom. The third-order valence-corrected chi connectivity index (χ3v) is 8.78. The van der Waals surface area contributed by atoms with Gasteiger partial charge in [-0.15, -0.1) is 0 Å². The largest absolute Gasteiger partial charge is 0.367 e.